The highest BCUT2D eigenvalue weighted by atomic mass is 31.2. The Kier molecular flexibility index (Phi) is 26.4. The Bertz CT molecular complexity index is 943. The molecule has 0 saturated heterocycles. The molecule has 52 heavy (non-hydrogen) atoms. The summed E-state index contributed by atoms with van der Waals surface area (Å²) >= 11 is 0. The van der Waals surface area contributed by atoms with Gasteiger partial charge in [-0.3, -0.25) is 13.8 Å². The van der Waals surface area contributed by atoms with Crippen molar-refractivity contribution in [1.29, 1.82) is 0 Å². The van der Waals surface area contributed by atoms with Crippen LogP contribution >= 0.6 is 7.82 Å². The number of carbonyl (C=O) groups is 1. The van der Waals surface area contributed by atoms with Gasteiger partial charge in [0.15, 0.2) is 0 Å². The maximum Gasteiger partial charge on any atom is 0.472 e. The molecule has 9 N–H and O–H groups in total. The lowest BCUT2D eigenvalue weighted by atomic mass is 9.85. The summed E-state index contributed by atoms with van der Waals surface area (Å²) in [5, 5.41) is 74.2. The highest BCUT2D eigenvalue weighted by Gasteiger charge is 2.51. The van der Waals surface area contributed by atoms with Crippen LogP contribution in [-0.2, 0) is 18.4 Å². The zero-order valence-electron chi connectivity index (χ0n) is 32.6. The molecule has 10 atom stereocenters. The van der Waals surface area contributed by atoms with Crippen LogP contribution in [0, 0.1) is 11.8 Å². The number of hydrogen-bond donors (Lipinski definition) is 9. The van der Waals surface area contributed by atoms with E-state index in [1.165, 1.54) is 64.2 Å². The lowest BCUT2D eigenvalue weighted by molar-refractivity contribution is -0.220. The van der Waals surface area contributed by atoms with Crippen molar-refractivity contribution in [1.82, 2.24) is 5.32 Å². The number of unbranched alkanes of at least 4 members (excludes halogenated alkanes) is 15. The predicted octanol–water partition coefficient (Wildman–Crippen LogP) is 5.02. The third-order valence-electron chi connectivity index (χ3n) is 10.1. The molecule has 1 rings (SSSR count). The Labute approximate surface area is 313 Å². The fourth-order valence-corrected chi connectivity index (χ4v) is 7.60. The van der Waals surface area contributed by atoms with Gasteiger partial charge in [-0.1, -0.05) is 150 Å². The highest BCUT2D eigenvalue weighted by molar-refractivity contribution is 7.47. The first-order valence-electron chi connectivity index (χ1n) is 20.3. The Balaban J connectivity index is 2.63. The summed E-state index contributed by atoms with van der Waals surface area (Å²) in [5.74, 6) is 0.724. The molecule has 0 aromatic heterocycles. The van der Waals surface area contributed by atoms with E-state index in [0.29, 0.717) is 12.8 Å². The van der Waals surface area contributed by atoms with Crippen LogP contribution < -0.4 is 5.32 Å². The zero-order valence-corrected chi connectivity index (χ0v) is 33.5. The Morgan fingerprint density at radius 2 is 0.923 bits per heavy atom. The standard InChI is InChI=1S/C38H76NO12P/c1-27(2)22-18-14-10-6-5-7-12-16-20-24-30(40)29(26-50-52(48,49)51-37-35(45)33(43)32(42)34(44)36(37)46)39-38(47)31(41)25-21-17-13-9-8-11-15-19-23-28(3)4/h27-37,40-46H,5-26H2,1-4H3,(H,39,47)(H,48,49)/t29?,30?,31?,32?,33-,34+,35-,36-,37?/m1/s1. The van der Waals surface area contributed by atoms with Crippen molar-refractivity contribution < 1.29 is 59.0 Å². The lowest BCUT2D eigenvalue weighted by Gasteiger charge is -2.41. The molecule has 14 heteroatoms. The molecule has 1 aliphatic rings. The zero-order chi connectivity index (χ0) is 39.1. The van der Waals surface area contributed by atoms with E-state index in [0.717, 1.165) is 56.8 Å². The maximum atomic E-state index is 12.9. The van der Waals surface area contributed by atoms with Crippen molar-refractivity contribution in [3.8, 4) is 0 Å². The Morgan fingerprint density at radius 1 is 0.577 bits per heavy atom. The summed E-state index contributed by atoms with van der Waals surface area (Å²) in [7, 11) is -5.12. The first-order valence-corrected chi connectivity index (χ1v) is 21.8. The van der Waals surface area contributed by atoms with Gasteiger partial charge < -0.3 is 46.0 Å². The summed E-state index contributed by atoms with van der Waals surface area (Å²) < 4.78 is 22.8. The van der Waals surface area contributed by atoms with E-state index in [-0.39, 0.29) is 12.8 Å². The summed E-state index contributed by atoms with van der Waals surface area (Å²) in [6.45, 7) is 8.24. The van der Waals surface area contributed by atoms with Crippen LogP contribution in [0.1, 0.15) is 163 Å². The topological polar surface area (TPSA) is 226 Å². The molecule has 13 nitrogen and oxygen atoms in total. The fraction of sp³-hybridized carbons (Fsp3) is 0.974. The molecule has 0 bridgehead atoms. The van der Waals surface area contributed by atoms with Crippen LogP contribution in [-0.4, -0.2) is 108 Å². The summed E-state index contributed by atoms with van der Waals surface area (Å²) in [6.07, 6.45) is 6.67. The molecule has 0 heterocycles. The lowest BCUT2D eigenvalue weighted by Crippen LogP contribution is -2.64. The van der Waals surface area contributed by atoms with Gasteiger partial charge in [-0.25, -0.2) is 4.57 Å². The van der Waals surface area contributed by atoms with E-state index in [2.05, 4.69) is 33.0 Å². The number of aliphatic hydroxyl groups excluding tert-OH is 7. The van der Waals surface area contributed by atoms with Crippen molar-refractivity contribution in [2.75, 3.05) is 6.61 Å². The summed E-state index contributed by atoms with van der Waals surface area (Å²) in [6, 6.07) is -1.20. The smallest absolute Gasteiger partial charge is 0.391 e. The van der Waals surface area contributed by atoms with E-state index in [1.54, 1.807) is 0 Å². The first kappa shape index (κ1) is 49.3. The van der Waals surface area contributed by atoms with Crippen molar-refractivity contribution in [2.45, 2.75) is 217 Å². The highest BCUT2D eigenvalue weighted by Crippen LogP contribution is 2.47. The molecule has 0 aromatic rings. The third-order valence-corrected chi connectivity index (χ3v) is 11.1. The third kappa shape index (κ3) is 21.4. The van der Waals surface area contributed by atoms with Gasteiger partial charge in [0.1, 0.15) is 42.7 Å². The van der Waals surface area contributed by atoms with E-state index < -0.39 is 75.2 Å². The maximum absolute atomic E-state index is 12.9. The van der Waals surface area contributed by atoms with Gasteiger partial charge in [0.2, 0.25) is 5.91 Å². The molecule has 0 aliphatic heterocycles. The minimum Gasteiger partial charge on any atom is -0.391 e. The van der Waals surface area contributed by atoms with Crippen molar-refractivity contribution in [3.05, 3.63) is 0 Å². The molecule has 1 fully saturated rings. The number of carbonyl (C=O) groups excluding carboxylic acids is 1. The van der Waals surface area contributed by atoms with E-state index in [1.807, 2.05) is 0 Å². The minimum atomic E-state index is -5.12. The molecule has 1 aliphatic carbocycles. The van der Waals surface area contributed by atoms with Crippen molar-refractivity contribution >= 4 is 13.7 Å². The van der Waals surface area contributed by atoms with E-state index in [4.69, 9.17) is 9.05 Å². The average molecular weight is 770 g/mol. The second-order valence-corrected chi connectivity index (χ2v) is 17.3. The summed E-state index contributed by atoms with van der Waals surface area (Å²) in [4.78, 5) is 23.3. The molecule has 0 radical (unpaired) electrons. The number of aliphatic hydroxyl groups is 7. The Morgan fingerprint density at radius 3 is 1.33 bits per heavy atom. The van der Waals surface area contributed by atoms with Crippen LogP contribution in [0.3, 0.4) is 0 Å². The quantitative estimate of drug-likeness (QED) is 0.0335. The molecule has 1 saturated carbocycles. The van der Waals surface area contributed by atoms with E-state index >= 15 is 0 Å². The molecule has 1 amide bonds. The largest absolute Gasteiger partial charge is 0.472 e. The molecular weight excluding hydrogens is 693 g/mol. The van der Waals surface area contributed by atoms with Gasteiger partial charge in [-0.2, -0.15) is 0 Å². The van der Waals surface area contributed by atoms with Gasteiger partial charge in [-0.15, -0.1) is 0 Å². The number of amides is 1. The fourth-order valence-electron chi connectivity index (χ4n) is 6.63. The number of phosphoric ester groups is 1. The second kappa shape index (κ2) is 27.8. The molecular formula is C38H76NO12P. The van der Waals surface area contributed by atoms with Crippen LogP contribution in [0.25, 0.3) is 0 Å². The minimum absolute atomic E-state index is 0.219. The second-order valence-electron chi connectivity index (χ2n) is 15.9. The molecule has 310 valence electrons. The molecule has 0 aromatic carbocycles. The summed E-state index contributed by atoms with van der Waals surface area (Å²) in [5.41, 5.74) is 0. The first-order chi connectivity index (χ1) is 24.6. The van der Waals surface area contributed by atoms with Gasteiger partial charge in [-0.05, 0) is 24.7 Å². The van der Waals surface area contributed by atoms with Gasteiger partial charge in [0.25, 0.3) is 0 Å². The number of rotatable bonds is 31. The van der Waals surface area contributed by atoms with Gasteiger partial charge in [0, 0.05) is 0 Å². The van der Waals surface area contributed by atoms with Crippen LogP contribution in [0.2, 0.25) is 0 Å². The van der Waals surface area contributed by atoms with Crippen LogP contribution in [0.15, 0.2) is 0 Å². The SMILES string of the molecule is CC(C)CCCCCCCCCCCC(O)C(COP(=O)(O)OC1[C@H](O)[C@H](O)C(O)[C@H](O)[C@H]1O)NC(=O)C(O)CCCCCCCCCCC(C)C. The average Bonchev–Trinajstić information content (AvgIpc) is 3.09. The monoisotopic (exact) mass is 770 g/mol. The van der Waals surface area contributed by atoms with Gasteiger partial charge >= 0.3 is 7.82 Å². The predicted molar refractivity (Wildman–Crippen MR) is 201 cm³/mol. The van der Waals surface area contributed by atoms with Crippen LogP contribution in [0.5, 0.6) is 0 Å². The number of nitrogens with one attached hydrogen (secondary N) is 1. The van der Waals surface area contributed by atoms with Gasteiger partial charge in [0.05, 0.1) is 18.8 Å². The van der Waals surface area contributed by atoms with Crippen molar-refractivity contribution in [3.63, 3.8) is 0 Å². The van der Waals surface area contributed by atoms with Crippen LogP contribution in [0.4, 0.5) is 0 Å². The Hall–Kier alpha value is -0.700. The normalized spacial score (nSPS) is 25.3. The molecule has 0 spiro atoms. The van der Waals surface area contributed by atoms with E-state index in [9.17, 15) is 50.0 Å². The molecule has 6 unspecified atom stereocenters. The number of phosphoric acid groups is 1. The van der Waals surface area contributed by atoms with Crippen molar-refractivity contribution in [2.24, 2.45) is 11.8 Å². The number of hydrogen-bond acceptors (Lipinski definition) is 11.